The lowest BCUT2D eigenvalue weighted by atomic mass is 10.2. The fourth-order valence-electron chi connectivity index (χ4n) is 3.11. The van der Waals surface area contributed by atoms with Gasteiger partial charge in [0.1, 0.15) is 41.1 Å². The fraction of sp³-hybridized carbons (Fsp3) is 0.125. The summed E-state index contributed by atoms with van der Waals surface area (Å²) in [6.07, 6.45) is -5.05. The molecule has 0 spiro atoms. The van der Waals surface area contributed by atoms with Gasteiger partial charge in [-0.1, -0.05) is 6.07 Å². The Labute approximate surface area is 188 Å². The maximum atomic E-state index is 13.8. The lowest BCUT2D eigenvalue weighted by molar-refractivity contribution is -0.154. The second-order valence-electron chi connectivity index (χ2n) is 7.01. The Morgan fingerprint density at radius 2 is 1.50 bits per heavy atom. The van der Waals surface area contributed by atoms with E-state index in [1.807, 2.05) is 0 Å². The van der Waals surface area contributed by atoms with Gasteiger partial charge in [-0.05, 0) is 48.5 Å². The first-order valence-corrected chi connectivity index (χ1v) is 9.73. The number of fused-ring (bicyclic) bond motifs is 1. The predicted molar refractivity (Wildman–Crippen MR) is 111 cm³/mol. The zero-order valence-corrected chi connectivity index (χ0v) is 17.4. The number of benzene rings is 3. The van der Waals surface area contributed by atoms with Crippen LogP contribution in [-0.2, 0) is 12.8 Å². The summed E-state index contributed by atoms with van der Waals surface area (Å²) in [4.78, 5) is 12.9. The highest BCUT2D eigenvalue weighted by atomic mass is 19.4. The molecule has 0 saturated heterocycles. The lowest BCUT2D eigenvalue weighted by Crippen LogP contribution is -2.15. The topological polar surface area (TPSA) is 57.9 Å². The van der Waals surface area contributed by atoms with Gasteiger partial charge in [0.2, 0.25) is 11.2 Å². The van der Waals surface area contributed by atoms with Crippen molar-refractivity contribution in [3.05, 3.63) is 93.8 Å². The summed E-state index contributed by atoms with van der Waals surface area (Å²) in [5.74, 6) is -4.01. The summed E-state index contributed by atoms with van der Waals surface area (Å²) < 4.78 is 89.2. The Hall–Kier alpha value is -4.08. The Balaban J connectivity index is 1.71. The SMILES string of the molecule is COc1ccc(Oc2c(C(F)(F)F)oc3cc(OCc4c(F)cccc4F)ccc3c2=O)cc1. The summed E-state index contributed by atoms with van der Waals surface area (Å²) in [5, 5.41) is -0.207. The molecule has 3 aromatic carbocycles. The summed E-state index contributed by atoms with van der Waals surface area (Å²) in [6.45, 7) is -0.529. The average Bonchev–Trinajstić information content (AvgIpc) is 2.80. The van der Waals surface area contributed by atoms with Crippen LogP contribution in [0, 0.1) is 11.6 Å². The van der Waals surface area contributed by atoms with Crippen molar-refractivity contribution in [2.45, 2.75) is 12.8 Å². The predicted octanol–water partition coefficient (Wildman–Crippen LogP) is 6.47. The summed E-state index contributed by atoms with van der Waals surface area (Å²) in [6, 6.07) is 12.3. The van der Waals surface area contributed by atoms with Crippen molar-refractivity contribution in [2.75, 3.05) is 7.11 Å². The maximum Gasteiger partial charge on any atom is 0.453 e. The van der Waals surface area contributed by atoms with Crippen LogP contribution in [-0.4, -0.2) is 7.11 Å². The highest BCUT2D eigenvalue weighted by molar-refractivity contribution is 5.79. The smallest absolute Gasteiger partial charge is 0.453 e. The molecule has 0 unspecified atom stereocenters. The third kappa shape index (κ3) is 4.66. The normalized spacial score (nSPS) is 11.5. The number of ether oxygens (including phenoxy) is 3. The van der Waals surface area contributed by atoms with E-state index in [0.29, 0.717) is 5.75 Å². The fourth-order valence-corrected chi connectivity index (χ4v) is 3.11. The van der Waals surface area contributed by atoms with Gasteiger partial charge in [-0.3, -0.25) is 4.79 Å². The van der Waals surface area contributed by atoms with E-state index in [-0.39, 0.29) is 22.4 Å². The molecule has 0 aliphatic rings. The molecular formula is C24H15F5O5. The molecule has 5 nitrogen and oxygen atoms in total. The zero-order valence-electron chi connectivity index (χ0n) is 17.4. The first kappa shape index (κ1) is 23.1. The Bertz CT molecular complexity index is 1370. The van der Waals surface area contributed by atoms with Crippen molar-refractivity contribution in [1.29, 1.82) is 0 Å². The first-order chi connectivity index (χ1) is 16.2. The molecule has 0 fully saturated rings. The monoisotopic (exact) mass is 478 g/mol. The molecule has 34 heavy (non-hydrogen) atoms. The van der Waals surface area contributed by atoms with Crippen molar-refractivity contribution in [2.24, 2.45) is 0 Å². The van der Waals surface area contributed by atoms with E-state index in [9.17, 15) is 26.7 Å². The minimum Gasteiger partial charge on any atom is -0.497 e. The second kappa shape index (κ2) is 9.05. The van der Waals surface area contributed by atoms with Crippen LogP contribution >= 0.6 is 0 Å². The first-order valence-electron chi connectivity index (χ1n) is 9.73. The van der Waals surface area contributed by atoms with Crippen LogP contribution in [0.5, 0.6) is 23.0 Å². The van der Waals surface area contributed by atoms with Gasteiger partial charge in [0.05, 0.1) is 18.1 Å². The Morgan fingerprint density at radius 3 is 2.12 bits per heavy atom. The van der Waals surface area contributed by atoms with Crippen molar-refractivity contribution >= 4 is 11.0 Å². The van der Waals surface area contributed by atoms with Gasteiger partial charge in [-0.15, -0.1) is 0 Å². The van der Waals surface area contributed by atoms with Gasteiger partial charge in [-0.2, -0.15) is 13.2 Å². The molecule has 10 heteroatoms. The minimum atomic E-state index is -5.05. The number of hydrogen-bond acceptors (Lipinski definition) is 5. The third-order valence-electron chi connectivity index (χ3n) is 4.80. The molecule has 0 aliphatic heterocycles. The maximum absolute atomic E-state index is 13.8. The molecule has 0 bridgehead atoms. The molecule has 0 N–H and O–H groups in total. The second-order valence-corrected chi connectivity index (χ2v) is 7.01. The lowest BCUT2D eigenvalue weighted by Gasteiger charge is -2.14. The summed E-state index contributed by atoms with van der Waals surface area (Å²) in [7, 11) is 1.42. The van der Waals surface area contributed by atoms with E-state index in [0.717, 1.165) is 18.2 Å². The van der Waals surface area contributed by atoms with E-state index < -0.39 is 46.9 Å². The van der Waals surface area contributed by atoms with Gasteiger partial charge in [0, 0.05) is 6.07 Å². The molecule has 176 valence electrons. The molecule has 0 atom stereocenters. The molecule has 0 saturated carbocycles. The highest BCUT2D eigenvalue weighted by Gasteiger charge is 2.40. The third-order valence-corrected chi connectivity index (χ3v) is 4.80. The molecule has 1 heterocycles. The zero-order chi connectivity index (χ0) is 24.5. The Morgan fingerprint density at radius 1 is 0.882 bits per heavy atom. The van der Waals surface area contributed by atoms with Gasteiger partial charge < -0.3 is 18.6 Å². The summed E-state index contributed by atoms with van der Waals surface area (Å²) >= 11 is 0. The number of alkyl halides is 3. The van der Waals surface area contributed by atoms with Crippen LogP contribution in [0.2, 0.25) is 0 Å². The van der Waals surface area contributed by atoms with Crippen LogP contribution in [0.15, 0.2) is 69.9 Å². The Kier molecular flexibility index (Phi) is 6.14. The number of halogens is 5. The largest absolute Gasteiger partial charge is 0.497 e. The van der Waals surface area contributed by atoms with Gasteiger partial charge in [-0.25, -0.2) is 8.78 Å². The quantitative estimate of drug-likeness (QED) is 0.297. The molecule has 0 aliphatic carbocycles. The standard InChI is InChI=1S/C24H15F5O5/c1-31-13-5-7-14(8-6-13)33-22-21(30)16-10-9-15(11-20(16)34-23(22)24(27,28)29)32-12-17-18(25)3-2-4-19(17)26/h2-11H,12H2,1H3. The molecular weight excluding hydrogens is 463 g/mol. The van der Waals surface area contributed by atoms with Gasteiger partial charge >= 0.3 is 6.18 Å². The molecule has 1 aromatic heterocycles. The average molecular weight is 478 g/mol. The number of methoxy groups -OCH3 is 1. The molecule has 4 rings (SSSR count). The number of hydrogen-bond donors (Lipinski definition) is 0. The highest BCUT2D eigenvalue weighted by Crippen LogP contribution is 2.39. The van der Waals surface area contributed by atoms with Crippen molar-refractivity contribution in [3.63, 3.8) is 0 Å². The van der Waals surface area contributed by atoms with Crippen molar-refractivity contribution < 1.29 is 40.6 Å². The minimum absolute atomic E-state index is 0.0372. The van der Waals surface area contributed by atoms with Gasteiger partial charge in [0.15, 0.2) is 0 Å². The molecule has 4 aromatic rings. The van der Waals surface area contributed by atoms with Crippen LogP contribution in [0.1, 0.15) is 11.3 Å². The molecule has 0 amide bonds. The van der Waals surface area contributed by atoms with Crippen molar-refractivity contribution in [1.82, 2.24) is 0 Å². The number of rotatable bonds is 6. The van der Waals surface area contributed by atoms with Crippen LogP contribution in [0.3, 0.4) is 0 Å². The van der Waals surface area contributed by atoms with Crippen LogP contribution in [0.25, 0.3) is 11.0 Å². The van der Waals surface area contributed by atoms with Crippen LogP contribution in [0.4, 0.5) is 22.0 Å². The van der Waals surface area contributed by atoms with E-state index >= 15 is 0 Å². The van der Waals surface area contributed by atoms with E-state index in [2.05, 4.69) is 0 Å². The van der Waals surface area contributed by atoms with Gasteiger partial charge in [0.25, 0.3) is 5.76 Å². The van der Waals surface area contributed by atoms with E-state index in [4.69, 9.17) is 18.6 Å². The summed E-state index contributed by atoms with van der Waals surface area (Å²) in [5.41, 5.74) is -1.86. The van der Waals surface area contributed by atoms with Crippen LogP contribution < -0.4 is 19.6 Å². The van der Waals surface area contributed by atoms with Crippen molar-refractivity contribution in [3.8, 4) is 23.0 Å². The van der Waals surface area contributed by atoms with E-state index in [1.54, 1.807) is 0 Å². The molecule has 0 radical (unpaired) electrons. The van der Waals surface area contributed by atoms with E-state index in [1.165, 1.54) is 49.6 Å².